The summed E-state index contributed by atoms with van der Waals surface area (Å²) in [6.45, 7) is 1.37. The Hall–Kier alpha value is -2.06. The second-order valence-corrected chi connectivity index (χ2v) is 6.06. The fourth-order valence-corrected chi connectivity index (χ4v) is 2.73. The van der Waals surface area contributed by atoms with Crippen LogP contribution < -0.4 is 19.9 Å². The van der Waals surface area contributed by atoms with Gasteiger partial charge in [0.1, 0.15) is 10.4 Å². The number of nitrogens with one attached hydrogen (secondary N) is 1. The number of hydrogen-bond donors (Lipinski definition) is 1. The standard InChI is InChI=1S/C14H13NO5S2/c1-7(13(17)18)20-9-4-3-8(5-10(9)19-2)6-11-12(16)15-14(21)22-11/h3-7H,1-2H3,(H,17,18)(H,15,16,21)/p-1/b11-6+/t7-/m0/s1. The highest BCUT2D eigenvalue weighted by atomic mass is 32.2. The molecule has 0 aliphatic carbocycles. The van der Waals surface area contributed by atoms with Gasteiger partial charge in [-0.1, -0.05) is 30.0 Å². The Morgan fingerprint density at radius 1 is 1.45 bits per heavy atom. The van der Waals surface area contributed by atoms with Crippen molar-refractivity contribution in [1.82, 2.24) is 5.32 Å². The summed E-state index contributed by atoms with van der Waals surface area (Å²) in [6, 6.07) is 4.89. The van der Waals surface area contributed by atoms with Crippen molar-refractivity contribution in [3.8, 4) is 11.5 Å². The maximum atomic E-state index is 11.6. The van der Waals surface area contributed by atoms with Gasteiger partial charge in [0, 0.05) is 0 Å². The van der Waals surface area contributed by atoms with Gasteiger partial charge in [-0.25, -0.2) is 0 Å². The van der Waals surface area contributed by atoms with E-state index in [2.05, 4.69) is 5.32 Å². The molecule has 0 saturated carbocycles. The van der Waals surface area contributed by atoms with Crippen molar-refractivity contribution >= 4 is 46.3 Å². The second kappa shape index (κ2) is 6.80. The molecule has 1 amide bonds. The number of ether oxygens (including phenoxy) is 2. The lowest BCUT2D eigenvalue weighted by Crippen LogP contribution is -2.37. The molecule has 1 aliphatic rings. The van der Waals surface area contributed by atoms with E-state index in [4.69, 9.17) is 21.7 Å². The summed E-state index contributed by atoms with van der Waals surface area (Å²) < 4.78 is 10.8. The van der Waals surface area contributed by atoms with Gasteiger partial charge in [-0.3, -0.25) is 4.79 Å². The molecule has 8 heteroatoms. The van der Waals surface area contributed by atoms with Gasteiger partial charge in [-0.2, -0.15) is 0 Å². The molecule has 0 radical (unpaired) electrons. The SMILES string of the molecule is COc1cc(/C=C2/SC(=S)NC2=O)ccc1O[C@@H](C)C(=O)[O-]. The van der Waals surface area contributed by atoms with Gasteiger partial charge in [0.05, 0.1) is 18.0 Å². The molecule has 1 atom stereocenters. The van der Waals surface area contributed by atoms with Gasteiger partial charge in [-0.15, -0.1) is 0 Å². The normalized spacial score (nSPS) is 17.3. The van der Waals surface area contributed by atoms with Crippen molar-refractivity contribution in [2.24, 2.45) is 0 Å². The molecule has 1 N–H and O–H groups in total. The first-order valence-corrected chi connectivity index (χ1v) is 7.43. The second-order valence-electron chi connectivity index (χ2n) is 4.34. The monoisotopic (exact) mass is 338 g/mol. The summed E-state index contributed by atoms with van der Waals surface area (Å²) >= 11 is 6.09. The highest BCUT2D eigenvalue weighted by Gasteiger charge is 2.22. The number of thiocarbonyl (C=S) groups is 1. The molecule has 1 saturated heterocycles. The van der Waals surface area contributed by atoms with Gasteiger partial charge in [0.15, 0.2) is 11.5 Å². The molecular formula is C14H12NO5S2-. The summed E-state index contributed by atoms with van der Waals surface area (Å²) in [7, 11) is 1.44. The quantitative estimate of drug-likeness (QED) is 0.624. The summed E-state index contributed by atoms with van der Waals surface area (Å²) in [5.74, 6) is -0.936. The highest BCUT2D eigenvalue weighted by Crippen LogP contribution is 2.32. The van der Waals surface area contributed by atoms with Crippen LogP contribution in [0.25, 0.3) is 6.08 Å². The first-order valence-electron chi connectivity index (χ1n) is 6.21. The van der Waals surface area contributed by atoms with Crippen LogP contribution in [0.2, 0.25) is 0 Å². The lowest BCUT2D eigenvalue weighted by atomic mass is 10.2. The Labute approximate surface area is 136 Å². The first-order chi connectivity index (χ1) is 10.4. The fourth-order valence-electron chi connectivity index (χ4n) is 1.68. The first kappa shape index (κ1) is 16.3. The molecule has 1 aromatic rings. The number of benzene rings is 1. The summed E-state index contributed by atoms with van der Waals surface area (Å²) in [5, 5.41) is 13.2. The third-order valence-corrected chi connectivity index (χ3v) is 3.93. The van der Waals surface area contributed by atoms with Crippen LogP contribution in [0.5, 0.6) is 11.5 Å². The molecule has 1 aliphatic heterocycles. The van der Waals surface area contributed by atoms with E-state index in [0.29, 0.717) is 20.5 Å². The molecule has 0 spiro atoms. The van der Waals surface area contributed by atoms with E-state index in [1.165, 1.54) is 25.8 Å². The molecule has 1 fully saturated rings. The van der Waals surface area contributed by atoms with Gasteiger partial charge >= 0.3 is 0 Å². The smallest absolute Gasteiger partial charge is 0.263 e. The predicted molar refractivity (Wildman–Crippen MR) is 84.4 cm³/mol. The molecule has 6 nitrogen and oxygen atoms in total. The molecule has 2 rings (SSSR count). The Morgan fingerprint density at radius 3 is 2.73 bits per heavy atom. The van der Waals surface area contributed by atoms with Crippen molar-refractivity contribution in [2.45, 2.75) is 13.0 Å². The Kier molecular flexibility index (Phi) is 5.04. The van der Waals surface area contributed by atoms with Crippen molar-refractivity contribution < 1.29 is 24.2 Å². The van der Waals surface area contributed by atoms with Gasteiger partial charge in [0.2, 0.25) is 0 Å². The van der Waals surface area contributed by atoms with Gasteiger partial charge in [0.25, 0.3) is 5.91 Å². The number of hydrogen-bond acceptors (Lipinski definition) is 7. The molecule has 0 unspecified atom stereocenters. The molecule has 116 valence electrons. The van der Waals surface area contributed by atoms with Crippen molar-refractivity contribution in [3.63, 3.8) is 0 Å². The topological polar surface area (TPSA) is 87.7 Å². The van der Waals surface area contributed by atoms with Crippen molar-refractivity contribution in [1.29, 1.82) is 0 Å². The molecule has 1 aromatic carbocycles. The maximum Gasteiger partial charge on any atom is 0.263 e. The molecular weight excluding hydrogens is 326 g/mol. The van der Waals surface area contributed by atoms with Gasteiger partial charge < -0.3 is 24.7 Å². The number of carboxylic acids is 1. The molecule has 0 bridgehead atoms. The van der Waals surface area contributed by atoms with E-state index in [0.717, 1.165) is 0 Å². The van der Waals surface area contributed by atoms with Gasteiger partial charge in [-0.05, 0) is 30.7 Å². The third-order valence-electron chi connectivity index (χ3n) is 2.76. The summed E-state index contributed by atoms with van der Waals surface area (Å²) in [5.41, 5.74) is 0.702. The number of amides is 1. The molecule has 22 heavy (non-hydrogen) atoms. The minimum Gasteiger partial charge on any atom is -0.546 e. The third kappa shape index (κ3) is 3.77. The zero-order valence-corrected chi connectivity index (χ0v) is 13.4. The van der Waals surface area contributed by atoms with Crippen LogP contribution in [0.1, 0.15) is 12.5 Å². The number of aliphatic carboxylic acids is 1. The zero-order valence-electron chi connectivity index (χ0n) is 11.7. The van der Waals surface area contributed by atoms with Crippen LogP contribution in [0.4, 0.5) is 0 Å². The van der Waals surface area contributed by atoms with Crippen LogP contribution in [0.15, 0.2) is 23.1 Å². The van der Waals surface area contributed by atoms with Crippen LogP contribution in [0, 0.1) is 0 Å². The summed E-state index contributed by atoms with van der Waals surface area (Å²) in [6.07, 6.45) is 0.556. The van der Waals surface area contributed by atoms with E-state index >= 15 is 0 Å². The highest BCUT2D eigenvalue weighted by molar-refractivity contribution is 8.26. The zero-order chi connectivity index (χ0) is 16.3. The van der Waals surface area contributed by atoms with E-state index in [1.807, 2.05) is 0 Å². The Bertz CT molecular complexity index is 671. The van der Waals surface area contributed by atoms with Crippen molar-refractivity contribution in [3.05, 3.63) is 28.7 Å². The van der Waals surface area contributed by atoms with E-state index in [9.17, 15) is 14.7 Å². The molecule has 0 aromatic heterocycles. The van der Waals surface area contributed by atoms with Crippen LogP contribution in [-0.4, -0.2) is 29.4 Å². The number of rotatable bonds is 5. The van der Waals surface area contributed by atoms with E-state index in [-0.39, 0.29) is 11.7 Å². The predicted octanol–water partition coefficient (Wildman–Crippen LogP) is 0.701. The minimum absolute atomic E-state index is 0.250. The van der Waals surface area contributed by atoms with E-state index in [1.54, 1.807) is 24.3 Å². The van der Waals surface area contributed by atoms with Crippen LogP contribution in [0.3, 0.4) is 0 Å². The average molecular weight is 338 g/mol. The van der Waals surface area contributed by atoms with Crippen LogP contribution >= 0.6 is 24.0 Å². The maximum absolute atomic E-state index is 11.6. The average Bonchev–Trinajstić information content (AvgIpc) is 2.78. The lowest BCUT2D eigenvalue weighted by Gasteiger charge is -2.17. The largest absolute Gasteiger partial charge is 0.546 e. The van der Waals surface area contributed by atoms with Crippen LogP contribution in [-0.2, 0) is 9.59 Å². The number of carbonyl (C=O) groups excluding carboxylic acids is 2. The van der Waals surface area contributed by atoms with Crippen molar-refractivity contribution in [2.75, 3.05) is 7.11 Å². The number of thioether (sulfide) groups is 1. The minimum atomic E-state index is -1.32. The Morgan fingerprint density at radius 2 is 2.18 bits per heavy atom. The lowest BCUT2D eigenvalue weighted by molar-refractivity contribution is -0.312. The number of methoxy groups -OCH3 is 1. The molecule has 1 heterocycles. The summed E-state index contributed by atoms with van der Waals surface area (Å²) in [4.78, 5) is 22.8. The Balaban J connectivity index is 2.26. The number of carboxylic acid groups (broad SMARTS) is 1. The fraction of sp³-hybridized carbons (Fsp3) is 0.214. The van der Waals surface area contributed by atoms with E-state index < -0.39 is 12.1 Å². The number of carbonyl (C=O) groups is 2.